The van der Waals surface area contributed by atoms with Gasteiger partial charge in [0.1, 0.15) is 0 Å². The number of benzene rings is 2. The molecule has 104 valence electrons. The topological polar surface area (TPSA) is 49.3 Å². The Kier molecular flexibility index (Phi) is 5.65. The molecule has 0 heterocycles. The number of carbonyl (C=O) groups is 1. The van der Waals surface area contributed by atoms with E-state index in [1.807, 2.05) is 30.3 Å². The van der Waals surface area contributed by atoms with Crippen molar-refractivity contribution >= 4 is 23.4 Å². The first-order chi connectivity index (χ1) is 9.78. The molecule has 0 unspecified atom stereocenters. The highest BCUT2D eigenvalue weighted by Crippen LogP contribution is 2.18. The standard InChI is InChI=1S/C16H17NO2S/c18-12-13-6-8-14(9-7-13)17-16(19)10-11-20-15-4-2-1-3-5-15/h1-9,18H,10-12H2,(H,17,19). The molecule has 4 heteroatoms. The summed E-state index contributed by atoms with van der Waals surface area (Å²) in [6.45, 7) is 0.0158. The Morgan fingerprint density at radius 1 is 1.05 bits per heavy atom. The van der Waals surface area contributed by atoms with Crippen molar-refractivity contribution in [2.24, 2.45) is 0 Å². The van der Waals surface area contributed by atoms with Crippen LogP contribution in [0.2, 0.25) is 0 Å². The zero-order valence-electron chi connectivity index (χ0n) is 11.1. The van der Waals surface area contributed by atoms with Crippen LogP contribution < -0.4 is 5.32 Å². The fourth-order valence-corrected chi connectivity index (χ4v) is 2.57. The van der Waals surface area contributed by atoms with Gasteiger partial charge in [0.05, 0.1) is 6.61 Å². The lowest BCUT2D eigenvalue weighted by Gasteiger charge is -2.06. The summed E-state index contributed by atoms with van der Waals surface area (Å²) in [6.07, 6.45) is 0.474. The third-order valence-corrected chi connectivity index (χ3v) is 3.78. The zero-order valence-corrected chi connectivity index (χ0v) is 11.9. The SMILES string of the molecule is O=C(CCSc1ccccc1)Nc1ccc(CO)cc1. The van der Waals surface area contributed by atoms with Crippen molar-refractivity contribution in [3.8, 4) is 0 Å². The van der Waals surface area contributed by atoms with Gasteiger partial charge in [0.2, 0.25) is 5.91 Å². The van der Waals surface area contributed by atoms with Crippen LogP contribution in [0, 0.1) is 0 Å². The summed E-state index contributed by atoms with van der Waals surface area (Å²) in [5, 5.41) is 11.8. The van der Waals surface area contributed by atoms with E-state index in [0.29, 0.717) is 6.42 Å². The van der Waals surface area contributed by atoms with Gasteiger partial charge < -0.3 is 10.4 Å². The molecule has 0 radical (unpaired) electrons. The third-order valence-electron chi connectivity index (χ3n) is 2.76. The Morgan fingerprint density at radius 2 is 1.75 bits per heavy atom. The quantitative estimate of drug-likeness (QED) is 0.801. The Hall–Kier alpha value is -1.78. The molecule has 0 fully saturated rings. The second-order valence-corrected chi connectivity index (χ2v) is 5.48. The first kappa shape index (κ1) is 14.6. The van der Waals surface area contributed by atoms with Crippen molar-refractivity contribution in [3.05, 3.63) is 60.2 Å². The Morgan fingerprint density at radius 3 is 2.40 bits per heavy atom. The number of aliphatic hydroxyl groups is 1. The van der Waals surface area contributed by atoms with Gasteiger partial charge >= 0.3 is 0 Å². The van der Waals surface area contributed by atoms with E-state index in [4.69, 9.17) is 5.11 Å². The van der Waals surface area contributed by atoms with Crippen LogP contribution >= 0.6 is 11.8 Å². The molecule has 0 saturated heterocycles. The molecule has 0 atom stereocenters. The maximum absolute atomic E-state index is 11.8. The summed E-state index contributed by atoms with van der Waals surface area (Å²) in [4.78, 5) is 13.0. The fraction of sp³-hybridized carbons (Fsp3) is 0.188. The van der Waals surface area contributed by atoms with Gasteiger partial charge in [-0.05, 0) is 29.8 Å². The molecule has 0 aliphatic heterocycles. The lowest BCUT2D eigenvalue weighted by atomic mass is 10.2. The molecule has 2 aromatic rings. The van der Waals surface area contributed by atoms with E-state index in [-0.39, 0.29) is 12.5 Å². The second-order valence-electron chi connectivity index (χ2n) is 4.31. The third kappa shape index (κ3) is 4.72. The molecule has 0 spiro atoms. The normalized spacial score (nSPS) is 10.2. The number of carbonyl (C=O) groups excluding carboxylic acids is 1. The minimum Gasteiger partial charge on any atom is -0.392 e. The summed E-state index contributed by atoms with van der Waals surface area (Å²) in [5.41, 5.74) is 1.60. The van der Waals surface area contributed by atoms with Crippen molar-refractivity contribution in [3.63, 3.8) is 0 Å². The second kappa shape index (κ2) is 7.72. The average Bonchev–Trinajstić information content (AvgIpc) is 2.49. The number of nitrogens with one attached hydrogen (secondary N) is 1. The van der Waals surface area contributed by atoms with E-state index in [1.54, 1.807) is 36.0 Å². The summed E-state index contributed by atoms with van der Waals surface area (Å²) in [5.74, 6) is 0.759. The molecule has 1 amide bonds. The first-order valence-electron chi connectivity index (χ1n) is 6.45. The van der Waals surface area contributed by atoms with Crippen molar-refractivity contribution in [2.75, 3.05) is 11.1 Å². The number of hydrogen-bond donors (Lipinski definition) is 2. The smallest absolute Gasteiger partial charge is 0.225 e. The average molecular weight is 287 g/mol. The molecule has 0 saturated carbocycles. The molecule has 2 rings (SSSR count). The highest BCUT2D eigenvalue weighted by molar-refractivity contribution is 7.99. The van der Waals surface area contributed by atoms with Crippen LogP contribution in [0.1, 0.15) is 12.0 Å². The largest absolute Gasteiger partial charge is 0.392 e. The van der Waals surface area contributed by atoms with Crippen LogP contribution in [-0.2, 0) is 11.4 Å². The maximum Gasteiger partial charge on any atom is 0.225 e. The van der Waals surface area contributed by atoms with Crippen molar-refractivity contribution < 1.29 is 9.90 Å². The Bertz CT molecular complexity index is 540. The molecule has 2 aromatic carbocycles. The predicted molar refractivity (Wildman–Crippen MR) is 82.8 cm³/mol. The van der Waals surface area contributed by atoms with Gasteiger partial charge in [0.15, 0.2) is 0 Å². The van der Waals surface area contributed by atoms with E-state index >= 15 is 0 Å². The Labute approximate surface area is 123 Å². The highest BCUT2D eigenvalue weighted by atomic mass is 32.2. The van der Waals surface area contributed by atoms with Gasteiger partial charge in [-0.1, -0.05) is 30.3 Å². The molecule has 20 heavy (non-hydrogen) atoms. The summed E-state index contributed by atoms with van der Waals surface area (Å²) >= 11 is 1.67. The van der Waals surface area contributed by atoms with Crippen molar-refractivity contribution in [1.29, 1.82) is 0 Å². The van der Waals surface area contributed by atoms with Crippen LogP contribution in [-0.4, -0.2) is 16.8 Å². The molecule has 0 aromatic heterocycles. The lowest BCUT2D eigenvalue weighted by molar-refractivity contribution is -0.115. The molecule has 0 aliphatic rings. The van der Waals surface area contributed by atoms with E-state index < -0.39 is 0 Å². The Balaban J connectivity index is 1.74. The van der Waals surface area contributed by atoms with Gasteiger partial charge in [-0.3, -0.25) is 4.79 Å². The molecule has 3 nitrogen and oxygen atoms in total. The summed E-state index contributed by atoms with van der Waals surface area (Å²) in [7, 11) is 0. The number of hydrogen-bond acceptors (Lipinski definition) is 3. The summed E-state index contributed by atoms with van der Waals surface area (Å²) < 4.78 is 0. The number of amides is 1. The minimum atomic E-state index is 0.00480. The first-order valence-corrected chi connectivity index (χ1v) is 7.44. The molecule has 0 aliphatic carbocycles. The van der Waals surface area contributed by atoms with Crippen molar-refractivity contribution in [2.45, 2.75) is 17.9 Å². The minimum absolute atomic E-state index is 0.00480. The van der Waals surface area contributed by atoms with Crippen LogP contribution in [0.5, 0.6) is 0 Å². The van der Waals surface area contributed by atoms with Gasteiger partial charge in [-0.15, -0.1) is 11.8 Å². The van der Waals surface area contributed by atoms with Crippen LogP contribution in [0.4, 0.5) is 5.69 Å². The van der Waals surface area contributed by atoms with Crippen LogP contribution in [0.25, 0.3) is 0 Å². The molecule has 0 bridgehead atoms. The monoisotopic (exact) mass is 287 g/mol. The van der Waals surface area contributed by atoms with Gasteiger partial charge in [-0.2, -0.15) is 0 Å². The lowest BCUT2D eigenvalue weighted by Crippen LogP contribution is -2.12. The highest BCUT2D eigenvalue weighted by Gasteiger charge is 2.03. The fourth-order valence-electron chi connectivity index (χ4n) is 1.70. The number of anilines is 1. The van der Waals surface area contributed by atoms with E-state index in [2.05, 4.69) is 5.32 Å². The predicted octanol–water partition coefficient (Wildman–Crippen LogP) is 3.30. The van der Waals surface area contributed by atoms with Gasteiger partial charge in [0.25, 0.3) is 0 Å². The molecule has 2 N–H and O–H groups in total. The van der Waals surface area contributed by atoms with E-state index in [1.165, 1.54) is 4.90 Å². The number of rotatable bonds is 6. The van der Waals surface area contributed by atoms with Crippen molar-refractivity contribution in [1.82, 2.24) is 0 Å². The molecular weight excluding hydrogens is 270 g/mol. The van der Waals surface area contributed by atoms with E-state index in [9.17, 15) is 4.79 Å². The zero-order chi connectivity index (χ0) is 14.2. The van der Waals surface area contributed by atoms with Crippen LogP contribution in [0.3, 0.4) is 0 Å². The maximum atomic E-state index is 11.8. The number of aliphatic hydroxyl groups excluding tert-OH is 1. The van der Waals surface area contributed by atoms with Crippen LogP contribution in [0.15, 0.2) is 59.5 Å². The van der Waals surface area contributed by atoms with Gasteiger partial charge in [-0.25, -0.2) is 0 Å². The number of thioether (sulfide) groups is 1. The summed E-state index contributed by atoms with van der Waals surface area (Å²) in [6, 6.07) is 17.2. The van der Waals surface area contributed by atoms with Gasteiger partial charge in [0, 0.05) is 22.8 Å². The van der Waals surface area contributed by atoms with E-state index in [0.717, 1.165) is 17.0 Å². The molecular formula is C16H17NO2S.